The van der Waals surface area contributed by atoms with Crippen molar-refractivity contribution < 1.29 is 20.1 Å². The summed E-state index contributed by atoms with van der Waals surface area (Å²) in [6.45, 7) is 0.0916. The van der Waals surface area contributed by atoms with E-state index in [0.29, 0.717) is 23.4 Å². The molecule has 1 saturated heterocycles. The number of halogens is 2. The fourth-order valence-corrected chi connectivity index (χ4v) is 4.01. The van der Waals surface area contributed by atoms with E-state index in [0.717, 1.165) is 24.8 Å². The Hall–Kier alpha value is -1.01. The number of hydrogen-bond donors (Lipinski definition) is 3. The summed E-state index contributed by atoms with van der Waals surface area (Å²) in [7, 11) is 0. The molecule has 2 bridgehead atoms. The average Bonchev–Trinajstić information content (AvgIpc) is 3.18. The maximum absolute atomic E-state index is 12.0. The summed E-state index contributed by atoms with van der Waals surface area (Å²) in [5.41, 5.74) is 0.884. The molecule has 7 heteroatoms. The molecule has 0 radical (unpaired) electrons. The highest BCUT2D eigenvalue weighted by molar-refractivity contribution is 6.30. The first-order valence-corrected chi connectivity index (χ1v) is 9.07. The number of phenols is 1. The first-order valence-electron chi connectivity index (χ1n) is 7.94. The second-order valence-corrected chi connectivity index (χ2v) is 6.75. The number of alkyl halides is 1. The summed E-state index contributed by atoms with van der Waals surface area (Å²) in [4.78, 5) is 13.7. The molecule has 3 N–H and O–H groups in total. The summed E-state index contributed by atoms with van der Waals surface area (Å²) in [6.07, 6.45) is 2.74. The van der Waals surface area contributed by atoms with Crippen molar-refractivity contribution >= 4 is 29.1 Å². The van der Waals surface area contributed by atoms with Gasteiger partial charge in [0.1, 0.15) is 5.75 Å². The predicted octanol–water partition coefficient (Wildman–Crippen LogP) is 2.03. The maximum atomic E-state index is 12.0. The molecular formula is C17H23Cl2NO4. The van der Waals surface area contributed by atoms with E-state index in [1.807, 2.05) is 6.07 Å². The van der Waals surface area contributed by atoms with Crippen LogP contribution < -0.4 is 0 Å². The highest BCUT2D eigenvalue weighted by atomic mass is 35.5. The van der Waals surface area contributed by atoms with Crippen LogP contribution in [-0.4, -0.2) is 57.8 Å². The highest BCUT2D eigenvalue weighted by Gasteiger charge is 2.47. The van der Waals surface area contributed by atoms with Crippen LogP contribution in [0.15, 0.2) is 18.2 Å². The van der Waals surface area contributed by atoms with E-state index >= 15 is 0 Å². The SMILES string of the molecule is CCl.O=C(C(O)CO)N1CC2CC1CC2Cc1ccc(Cl)cc1O. The first kappa shape index (κ1) is 19.3. The largest absolute Gasteiger partial charge is 0.508 e. The van der Waals surface area contributed by atoms with Gasteiger partial charge in [-0.1, -0.05) is 17.7 Å². The molecule has 1 amide bonds. The van der Waals surface area contributed by atoms with Crippen molar-refractivity contribution in [2.45, 2.75) is 31.4 Å². The Morgan fingerprint density at radius 2 is 2.08 bits per heavy atom. The molecule has 5 nitrogen and oxygen atoms in total. The van der Waals surface area contributed by atoms with Crippen LogP contribution in [0.3, 0.4) is 0 Å². The summed E-state index contributed by atoms with van der Waals surface area (Å²) < 4.78 is 0. The van der Waals surface area contributed by atoms with Crippen molar-refractivity contribution in [1.29, 1.82) is 0 Å². The van der Waals surface area contributed by atoms with Crippen LogP contribution in [0.25, 0.3) is 0 Å². The van der Waals surface area contributed by atoms with Gasteiger partial charge in [-0.2, -0.15) is 0 Å². The van der Waals surface area contributed by atoms with Gasteiger partial charge in [0.2, 0.25) is 0 Å². The number of piperidine rings is 1. The van der Waals surface area contributed by atoms with Crippen LogP contribution in [0.1, 0.15) is 18.4 Å². The predicted molar refractivity (Wildman–Crippen MR) is 93.4 cm³/mol. The molecule has 4 unspecified atom stereocenters. The Morgan fingerprint density at radius 3 is 2.62 bits per heavy atom. The Labute approximate surface area is 151 Å². The van der Waals surface area contributed by atoms with E-state index in [-0.39, 0.29) is 17.7 Å². The maximum Gasteiger partial charge on any atom is 0.254 e. The average molecular weight is 376 g/mol. The van der Waals surface area contributed by atoms with Crippen molar-refractivity contribution in [3.8, 4) is 5.75 Å². The quantitative estimate of drug-likeness (QED) is 0.703. The second kappa shape index (κ2) is 8.39. The number of amides is 1. The summed E-state index contributed by atoms with van der Waals surface area (Å²) >= 11 is 10.5. The Balaban J connectivity index is 0.00000100. The van der Waals surface area contributed by atoms with Gasteiger partial charge in [0.15, 0.2) is 6.10 Å². The molecule has 4 atom stereocenters. The van der Waals surface area contributed by atoms with E-state index in [1.165, 1.54) is 6.38 Å². The third-order valence-corrected chi connectivity index (χ3v) is 5.19. The van der Waals surface area contributed by atoms with Gasteiger partial charge < -0.3 is 20.2 Å². The van der Waals surface area contributed by atoms with Gasteiger partial charge in [0.05, 0.1) is 6.61 Å². The smallest absolute Gasteiger partial charge is 0.254 e. The van der Waals surface area contributed by atoms with Crippen LogP contribution in [-0.2, 0) is 11.2 Å². The van der Waals surface area contributed by atoms with E-state index < -0.39 is 12.7 Å². The molecular weight excluding hydrogens is 353 g/mol. The molecule has 2 aliphatic rings. The lowest BCUT2D eigenvalue weighted by Gasteiger charge is -2.32. The highest BCUT2D eigenvalue weighted by Crippen LogP contribution is 2.44. The minimum absolute atomic E-state index is 0.137. The number of phenolic OH excluding ortho intramolecular Hbond substituents is 1. The number of rotatable bonds is 4. The Morgan fingerprint density at radius 1 is 1.38 bits per heavy atom. The zero-order valence-corrected chi connectivity index (χ0v) is 15.0. The molecule has 1 aliphatic carbocycles. The summed E-state index contributed by atoms with van der Waals surface area (Å²) in [5, 5.41) is 28.9. The summed E-state index contributed by atoms with van der Waals surface area (Å²) in [5.74, 6) is 0.656. The number of benzene rings is 1. The number of likely N-dealkylation sites (tertiary alicyclic amines) is 1. The van der Waals surface area contributed by atoms with Crippen LogP contribution in [0, 0.1) is 11.8 Å². The number of aliphatic hydroxyl groups is 2. The van der Waals surface area contributed by atoms with Gasteiger partial charge in [-0.15, -0.1) is 11.6 Å². The number of nitrogens with zero attached hydrogens (tertiary/aromatic N) is 1. The normalized spacial score (nSPS) is 26.0. The lowest BCUT2D eigenvalue weighted by atomic mass is 9.88. The standard InChI is InChI=1S/C16H20ClNO4.CH3Cl/c17-12-2-1-9(14(20)6-12)3-10-4-13-5-11(10)7-18(13)16(22)15(21)8-19;1-2/h1-2,6,10-11,13,15,19-21H,3-5,7-8H2;1H3. The van der Waals surface area contributed by atoms with Gasteiger partial charge >= 0.3 is 0 Å². The molecule has 1 saturated carbocycles. The molecule has 0 spiro atoms. The molecule has 1 aromatic rings. The van der Waals surface area contributed by atoms with Crippen LogP contribution in [0.4, 0.5) is 0 Å². The van der Waals surface area contributed by atoms with Crippen molar-refractivity contribution in [2.75, 3.05) is 19.5 Å². The van der Waals surface area contributed by atoms with Crippen molar-refractivity contribution in [3.05, 3.63) is 28.8 Å². The zero-order chi connectivity index (χ0) is 17.9. The van der Waals surface area contributed by atoms with Gasteiger partial charge in [-0.05, 0) is 48.8 Å². The van der Waals surface area contributed by atoms with E-state index in [4.69, 9.17) is 16.7 Å². The van der Waals surface area contributed by atoms with Gasteiger partial charge in [-0.25, -0.2) is 0 Å². The van der Waals surface area contributed by atoms with E-state index in [1.54, 1.807) is 17.0 Å². The fourth-order valence-electron chi connectivity index (χ4n) is 3.84. The number of hydrogen-bond acceptors (Lipinski definition) is 4. The molecule has 1 aliphatic heterocycles. The number of fused-ring (bicyclic) bond motifs is 2. The lowest BCUT2D eigenvalue weighted by molar-refractivity contribution is -0.144. The van der Waals surface area contributed by atoms with Crippen molar-refractivity contribution in [3.63, 3.8) is 0 Å². The Bertz CT molecular complexity index is 584. The molecule has 3 rings (SSSR count). The van der Waals surface area contributed by atoms with E-state index in [9.17, 15) is 15.0 Å². The lowest BCUT2D eigenvalue weighted by Crippen LogP contribution is -2.46. The second-order valence-electron chi connectivity index (χ2n) is 6.31. The minimum atomic E-state index is -1.31. The van der Waals surface area contributed by atoms with Gasteiger partial charge in [0, 0.05) is 24.0 Å². The molecule has 134 valence electrons. The molecule has 24 heavy (non-hydrogen) atoms. The third kappa shape index (κ3) is 3.97. The van der Waals surface area contributed by atoms with Gasteiger partial charge in [-0.3, -0.25) is 4.79 Å². The van der Waals surface area contributed by atoms with Crippen LogP contribution in [0.5, 0.6) is 5.75 Å². The number of aromatic hydroxyl groups is 1. The van der Waals surface area contributed by atoms with E-state index in [2.05, 4.69) is 11.6 Å². The summed E-state index contributed by atoms with van der Waals surface area (Å²) in [6, 6.07) is 5.31. The molecule has 1 heterocycles. The van der Waals surface area contributed by atoms with Gasteiger partial charge in [0.25, 0.3) is 5.91 Å². The molecule has 1 aromatic carbocycles. The first-order chi connectivity index (χ1) is 11.5. The monoisotopic (exact) mass is 375 g/mol. The Kier molecular flexibility index (Phi) is 6.75. The number of aliphatic hydroxyl groups excluding tert-OH is 2. The topological polar surface area (TPSA) is 81.0 Å². The zero-order valence-electron chi connectivity index (χ0n) is 13.5. The third-order valence-electron chi connectivity index (χ3n) is 4.96. The molecule has 0 aromatic heterocycles. The van der Waals surface area contributed by atoms with Crippen molar-refractivity contribution in [2.24, 2.45) is 11.8 Å². The van der Waals surface area contributed by atoms with Crippen LogP contribution >= 0.6 is 23.2 Å². The molecule has 2 fully saturated rings. The number of carbonyl (C=O) groups excluding carboxylic acids is 1. The number of carbonyl (C=O) groups is 1. The van der Waals surface area contributed by atoms with Crippen molar-refractivity contribution in [1.82, 2.24) is 4.90 Å². The minimum Gasteiger partial charge on any atom is -0.508 e. The fraction of sp³-hybridized carbons (Fsp3) is 0.588. The van der Waals surface area contributed by atoms with Crippen LogP contribution in [0.2, 0.25) is 5.02 Å².